The summed E-state index contributed by atoms with van der Waals surface area (Å²) in [4.78, 5) is 0. The molecule has 1 heterocycles. The molecule has 7 heteroatoms. The number of sulfone groups is 1. The Morgan fingerprint density at radius 1 is 1.35 bits per heavy atom. The summed E-state index contributed by atoms with van der Waals surface area (Å²) in [5.41, 5.74) is 0.530. The molecule has 1 aliphatic heterocycles. The fraction of sp³-hybridized carbons (Fsp3) is 0.538. The lowest BCUT2D eigenvalue weighted by atomic mass is 10.1. The van der Waals surface area contributed by atoms with E-state index < -0.39 is 15.9 Å². The van der Waals surface area contributed by atoms with Gasteiger partial charge in [-0.3, -0.25) is 0 Å². The van der Waals surface area contributed by atoms with E-state index in [9.17, 15) is 13.5 Å². The third kappa shape index (κ3) is 4.01. The van der Waals surface area contributed by atoms with Gasteiger partial charge in [0.25, 0.3) is 0 Å². The molecule has 0 radical (unpaired) electrons. The van der Waals surface area contributed by atoms with E-state index in [2.05, 4.69) is 0 Å². The van der Waals surface area contributed by atoms with Crippen LogP contribution in [0, 0.1) is 0 Å². The van der Waals surface area contributed by atoms with Crippen molar-refractivity contribution in [2.24, 2.45) is 0 Å². The van der Waals surface area contributed by atoms with E-state index in [1.165, 1.54) is 0 Å². The smallest absolute Gasteiger partial charge is 0.179 e. The van der Waals surface area contributed by atoms with Gasteiger partial charge >= 0.3 is 0 Å². The third-order valence-electron chi connectivity index (χ3n) is 2.97. The first kappa shape index (κ1) is 15.4. The molecule has 0 amide bonds. The third-order valence-corrected chi connectivity index (χ3v) is 4.23. The van der Waals surface area contributed by atoms with Crippen LogP contribution in [0.25, 0.3) is 0 Å². The number of aliphatic hydroxyl groups is 1. The van der Waals surface area contributed by atoms with Crippen molar-refractivity contribution in [2.75, 3.05) is 25.2 Å². The minimum absolute atomic E-state index is 0.0831. The maximum Gasteiger partial charge on any atom is 0.179 e. The molecule has 0 aromatic heterocycles. The number of hydrogen-bond acceptors (Lipinski definition) is 5. The highest BCUT2D eigenvalue weighted by molar-refractivity contribution is 7.90. The van der Waals surface area contributed by atoms with Gasteiger partial charge in [-0.15, -0.1) is 0 Å². The van der Waals surface area contributed by atoms with Crippen molar-refractivity contribution in [1.82, 2.24) is 0 Å². The highest BCUT2D eigenvalue weighted by Crippen LogP contribution is 2.39. The largest absolute Gasteiger partial charge is 0.489 e. The molecule has 2 rings (SSSR count). The zero-order chi connectivity index (χ0) is 14.8. The first-order chi connectivity index (χ1) is 9.37. The fourth-order valence-electron chi connectivity index (χ4n) is 1.94. The molecule has 1 N–H and O–H groups in total. The summed E-state index contributed by atoms with van der Waals surface area (Å²) in [6, 6.07) is 3.24. The van der Waals surface area contributed by atoms with Crippen LogP contribution in [-0.4, -0.2) is 38.7 Å². The Morgan fingerprint density at radius 3 is 2.75 bits per heavy atom. The maximum atomic E-state index is 11.1. The van der Waals surface area contributed by atoms with Crippen LogP contribution in [-0.2, 0) is 9.84 Å². The summed E-state index contributed by atoms with van der Waals surface area (Å²) in [7, 11) is -3.11. The number of halogens is 1. The molecule has 1 aromatic carbocycles. The molecule has 0 spiro atoms. The van der Waals surface area contributed by atoms with E-state index >= 15 is 0 Å². The number of hydrogen-bond donors (Lipinski definition) is 1. The summed E-state index contributed by atoms with van der Waals surface area (Å²) in [5.74, 6) is 0.881. The van der Waals surface area contributed by atoms with Crippen molar-refractivity contribution in [2.45, 2.75) is 18.9 Å². The summed E-state index contributed by atoms with van der Waals surface area (Å²) >= 11 is 6.12. The first-order valence-corrected chi connectivity index (χ1v) is 8.75. The van der Waals surface area contributed by atoms with E-state index in [-0.39, 0.29) is 12.2 Å². The van der Waals surface area contributed by atoms with Crippen molar-refractivity contribution < 1.29 is 23.0 Å². The molecule has 0 aliphatic carbocycles. The van der Waals surface area contributed by atoms with Gasteiger partial charge in [-0.1, -0.05) is 11.6 Å². The van der Waals surface area contributed by atoms with E-state index in [0.717, 1.165) is 12.7 Å². The lowest BCUT2D eigenvalue weighted by Gasteiger charge is -2.15. The van der Waals surface area contributed by atoms with Crippen LogP contribution in [0.3, 0.4) is 0 Å². The minimum Gasteiger partial charge on any atom is -0.489 e. The van der Waals surface area contributed by atoms with Gasteiger partial charge < -0.3 is 14.6 Å². The van der Waals surface area contributed by atoms with E-state index in [1.54, 1.807) is 12.1 Å². The SMILES string of the molecule is CS(=O)(=O)CCC(O)c1cc(Cl)c2c(c1)OCCCO2. The number of fused-ring (bicyclic) bond motifs is 1. The molecule has 112 valence electrons. The van der Waals surface area contributed by atoms with Crippen molar-refractivity contribution in [3.05, 3.63) is 22.7 Å². The predicted octanol–water partition coefficient (Wildman–Crippen LogP) is 1.97. The Morgan fingerprint density at radius 2 is 2.05 bits per heavy atom. The number of rotatable bonds is 4. The van der Waals surface area contributed by atoms with Gasteiger partial charge in [0.05, 0.1) is 30.1 Å². The minimum atomic E-state index is -3.11. The quantitative estimate of drug-likeness (QED) is 0.918. The molecule has 1 unspecified atom stereocenters. The molecule has 0 saturated heterocycles. The van der Waals surface area contributed by atoms with Crippen molar-refractivity contribution >= 4 is 21.4 Å². The van der Waals surface area contributed by atoms with Gasteiger partial charge in [0.1, 0.15) is 9.84 Å². The summed E-state index contributed by atoms with van der Waals surface area (Å²) in [6.45, 7) is 1.05. The second-order valence-corrected chi connectivity index (χ2v) is 7.48. The van der Waals surface area contributed by atoms with Crippen LogP contribution in [0.1, 0.15) is 24.5 Å². The van der Waals surface area contributed by atoms with Gasteiger partial charge in [-0.05, 0) is 24.1 Å². The van der Waals surface area contributed by atoms with Gasteiger partial charge in [0, 0.05) is 12.7 Å². The molecule has 0 fully saturated rings. The summed E-state index contributed by atoms with van der Waals surface area (Å²) in [6.07, 6.45) is 1.12. The van der Waals surface area contributed by atoms with Gasteiger partial charge in [0.2, 0.25) is 0 Å². The molecule has 5 nitrogen and oxygen atoms in total. The molecule has 1 aromatic rings. The van der Waals surface area contributed by atoms with Crippen LogP contribution in [0.4, 0.5) is 0 Å². The summed E-state index contributed by atoms with van der Waals surface area (Å²) in [5, 5.41) is 10.4. The van der Waals surface area contributed by atoms with E-state index in [0.29, 0.717) is 35.3 Å². The van der Waals surface area contributed by atoms with Crippen LogP contribution < -0.4 is 9.47 Å². The standard InChI is InChI=1S/C13H17ClO5S/c1-20(16,17)6-3-11(15)9-7-10(14)13-12(8-9)18-4-2-5-19-13/h7-8,11,15H,2-6H2,1H3. The van der Waals surface area contributed by atoms with Gasteiger partial charge in [-0.25, -0.2) is 8.42 Å². The molecule has 1 atom stereocenters. The average molecular weight is 321 g/mol. The van der Waals surface area contributed by atoms with Crippen molar-refractivity contribution in [3.8, 4) is 11.5 Å². The van der Waals surface area contributed by atoms with Crippen molar-refractivity contribution in [3.63, 3.8) is 0 Å². The number of ether oxygens (including phenoxy) is 2. The molecule has 0 saturated carbocycles. The second kappa shape index (κ2) is 6.20. The lowest BCUT2D eigenvalue weighted by Crippen LogP contribution is -2.08. The van der Waals surface area contributed by atoms with Crippen molar-refractivity contribution in [1.29, 1.82) is 0 Å². The van der Waals surface area contributed by atoms with Crippen LogP contribution in [0.5, 0.6) is 11.5 Å². The molecule has 0 bridgehead atoms. The topological polar surface area (TPSA) is 72.8 Å². The monoisotopic (exact) mass is 320 g/mol. The number of aliphatic hydroxyl groups excluding tert-OH is 1. The highest BCUT2D eigenvalue weighted by Gasteiger charge is 2.19. The lowest BCUT2D eigenvalue weighted by molar-refractivity contribution is 0.173. The molecular formula is C13H17ClO5S. The summed E-state index contributed by atoms with van der Waals surface area (Å²) < 4.78 is 33.3. The normalized spacial score (nSPS) is 16.6. The van der Waals surface area contributed by atoms with Gasteiger partial charge in [0.15, 0.2) is 11.5 Å². The Balaban J connectivity index is 2.20. The predicted molar refractivity (Wildman–Crippen MR) is 76.3 cm³/mol. The van der Waals surface area contributed by atoms with E-state index in [4.69, 9.17) is 21.1 Å². The Labute approximate surface area is 123 Å². The zero-order valence-electron chi connectivity index (χ0n) is 11.1. The molecule has 20 heavy (non-hydrogen) atoms. The fourth-order valence-corrected chi connectivity index (χ4v) is 2.86. The van der Waals surface area contributed by atoms with Crippen LogP contribution in [0.2, 0.25) is 5.02 Å². The van der Waals surface area contributed by atoms with Crippen LogP contribution in [0.15, 0.2) is 12.1 Å². The maximum absolute atomic E-state index is 11.1. The molecular weight excluding hydrogens is 304 g/mol. The van der Waals surface area contributed by atoms with Crippen LogP contribution >= 0.6 is 11.6 Å². The number of benzene rings is 1. The van der Waals surface area contributed by atoms with Gasteiger partial charge in [-0.2, -0.15) is 0 Å². The molecule has 1 aliphatic rings. The zero-order valence-corrected chi connectivity index (χ0v) is 12.7. The first-order valence-electron chi connectivity index (χ1n) is 6.31. The Hall–Kier alpha value is -0.980. The average Bonchev–Trinajstić information content (AvgIpc) is 2.60. The second-order valence-electron chi connectivity index (χ2n) is 4.81. The Kier molecular flexibility index (Phi) is 4.78. The van der Waals surface area contributed by atoms with E-state index in [1.807, 2.05) is 0 Å². The highest BCUT2D eigenvalue weighted by atomic mass is 35.5. The Bertz CT molecular complexity index is 585.